The van der Waals surface area contributed by atoms with Crippen molar-refractivity contribution in [2.24, 2.45) is 0 Å². The summed E-state index contributed by atoms with van der Waals surface area (Å²) in [7, 11) is -3.77. The summed E-state index contributed by atoms with van der Waals surface area (Å²) >= 11 is 0. The van der Waals surface area contributed by atoms with E-state index in [4.69, 9.17) is 0 Å². The van der Waals surface area contributed by atoms with E-state index in [1.54, 1.807) is 30.3 Å². The quantitative estimate of drug-likeness (QED) is 0.726. The maximum absolute atomic E-state index is 12.7. The number of nitrogens with one attached hydrogen (secondary N) is 2. The second-order valence-electron chi connectivity index (χ2n) is 7.59. The number of amides is 1. The van der Waals surface area contributed by atoms with Crippen LogP contribution in [0.25, 0.3) is 0 Å². The molecule has 1 saturated heterocycles. The van der Waals surface area contributed by atoms with Gasteiger partial charge in [-0.05, 0) is 68.6 Å². The van der Waals surface area contributed by atoms with Crippen LogP contribution in [-0.4, -0.2) is 44.9 Å². The molecule has 1 amide bonds. The molecule has 1 aliphatic rings. The van der Waals surface area contributed by atoms with Gasteiger partial charge in [-0.3, -0.25) is 9.52 Å². The van der Waals surface area contributed by atoms with Gasteiger partial charge in [0.05, 0.1) is 4.90 Å². The number of anilines is 1. The Balaban J connectivity index is 1.66. The van der Waals surface area contributed by atoms with Gasteiger partial charge in [0, 0.05) is 30.4 Å². The van der Waals surface area contributed by atoms with Gasteiger partial charge < -0.3 is 10.2 Å². The average Bonchev–Trinajstić information content (AvgIpc) is 2.69. The van der Waals surface area contributed by atoms with Crippen LogP contribution < -0.4 is 10.0 Å². The van der Waals surface area contributed by atoms with Crippen LogP contribution in [-0.2, 0) is 10.0 Å². The molecule has 1 aliphatic heterocycles. The van der Waals surface area contributed by atoms with Crippen molar-refractivity contribution in [3.8, 4) is 0 Å². The number of piperidine rings is 1. The Morgan fingerprint density at radius 3 is 2.52 bits per heavy atom. The Kier molecular flexibility index (Phi) is 6.92. The van der Waals surface area contributed by atoms with Gasteiger partial charge in [-0.25, -0.2) is 8.42 Å². The number of carbonyl (C=O) groups excluding carboxylic acids is 1. The predicted molar refractivity (Wildman–Crippen MR) is 116 cm³/mol. The molecule has 0 saturated carbocycles. The summed E-state index contributed by atoms with van der Waals surface area (Å²) in [5.74, 6) is -0.230. The topological polar surface area (TPSA) is 78.5 Å². The third-order valence-corrected chi connectivity index (χ3v) is 6.52. The van der Waals surface area contributed by atoms with E-state index in [1.807, 2.05) is 13.0 Å². The SMILES string of the molecule is CCCN1CCC(NC(=O)c2cccc(S(=O)(=O)Nc3cccc(C)c3)c2)CC1. The number of benzene rings is 2. The summed E-state index contributed by atoms with van der Waals surface area (Å²) < 4.78 is 28.0. The number of hydrogen-bond acceptors (Lipinski definition) is 4. The van der Waals surface area contributed by atoms with Gasteiger partial charge in [-0.1, -0.05) is 25.1 Å². The summed E-state index contributed by atoms with van der Waals surface area (Å²) in [5, 5.41) is 3.05. The molecule has 1 heterocycles. The molecular formula is C22H29N3O3S. The third kappa shape index (κ3) is 5.81. The Morgan fingerprint density at radius 1 is 1.10 bits per heavy atom. The van der Waals surface area contributed by atoms with Crippen LogP contribution in [0.4, 0.5) is 5.69 Å². The molecule has 0 unspecified atom stereocenters. The monoisotopic (exact) mass is 415 g/mol. The van der Waals surface area contributed by atoms with Crippen LogP contribution in [0, 0.1) is 6.92 Å². The molecule has 3 rings (SSSR count). The van der Waals surface area contributed by atoms with Crippen LogP contribution in [0.2, 0.25) is 0 Å². The molecule has 2 aromatic carbocycles. The van der Waals surface area contributed by atoms with Crippen molar-refractivity contribution in [1.29, 1.82) is 0 Å². The van der Waals surface area contributed by atoms with Crippen molar-refractivity contribution in [2.75, 3.05) is 24.4 Å². The van der Waals surface area contributed by atoms with Gasteiger partial charge >= 0.3 is 0 Å². The van der Waals surface area contributed by atoms with Crippen LogP contribution in [0.5, 0.6) is 0 Å². The van der Waals surface area contributed by atoms with Gasteiger partial charge in [0.25, 0.3) is 15.9 Å². The molecule has 0 aromatic heterocycles. The molecule has 0 atom stereocenters. The highest BCUT2D eigenvalue weighted by atomic mass is 32.2. The molecule has 29 heavy (non-hydrogen) atoms. The smallest absolute Gasteiger partial charge is 0.261 e. The van der Waals surface area contributed by atoms with E-state index in [1.165, 1.54) is 12.1 Å². The highest BCUT2D eigenvalue weighted by Gasteiger charge is 2.22. The van der Waals surface area contributed by atoms with Crippen molar-refractivity contribution < 1.29 is 13.2 Å². The molecular weight excluding hydrogens is 386 g/mol. The minimum Gasteiger partial charge on any atom is -0.349 e. The number of likely N-dealkylation sites (tertiary alicyclic amines) is 1. The lowest BCUT2D eigenvalue weighted by Crippen LogP contribution is -2.44. The number of carbonyl (C=O) groups is 1. The normalized spacial score (nSPS) is 15.8. The van der Waals surface area contributed by atoms with Gasteiger partial charge in [0.1, 0.15) is 0 Å². The maximum atomic E-state index is 12.7. The highest BCUT2D eigenvalue weighted by molar-refractivity contribution is 7.92. The molecule has 2 N–H and O–H groups in total. The van der Waals surface area contributed by atoms with E-state index in [2.05, 4.69) is 21.9 Å². The van der Waals surface area contributed by atoms with Crippen molar-refractivity contribution in [2.45, 2.75) is 44.0 Å². The maximum Gasteiger partial charge on any atom is 0.261 e. The second kappa shape index (κ2) is 9.41. The third-order valence-electron chi connectivity index (χ3n) is 5.14. The van der Waals surface area contributed by atoms with Crippen molar-refractivity contribution in [3.63, 3.8) is 0 Å². The first-order valence-corrected chi connectivity index (χ1v) is 11.6. The van der Waals surface area contributed by atoms with Crippen molar-refractivity contribution in [1.82, 2.24) is 10.2 Å². The number of hydrogen-bond donors (Lipinski definition) is 2. The van der Waals surface area contributed by atoms with Crippen molar-refractivity contribution in [3.05, 3.63) is 59.7 Å². The zero-order chi connectivity index (χ0) is 20.9. The van der Waals surface area contributed by atoms with E-state index < -0.39 is 10.0 Å². The van der Waals surface area contributed by atoms with E-state index in [0.29, 0.717) is 11.3 Å². The standard InChI is InChI=1S/C22H29N3O3S/c1-3-12-25-13-10-19(11-14-25)23-22(26)18-7-5-9-21(16-18)29(27,28)24-20-8-4-6-17(2)15-20/h4-9,15-16,19,24H,3,10-14H2,1-2H3,(H,23,26). The number of sulfonamides is 1. The molecule has 0 bridgehead atoms. The van der Waals surface area contributed by atoms with Gasteiger partial charge in [-0.15, -0.1) is 0 Å². The lowest BCUT2D eigenvalue weighted by atomic mass is 10.0. The Bertz CT molecular complexity index is 951. The van der Waals surface area contributed by atoms with E-state index in [9.17, 15) is 13.2 Å². The Morgan fingerprint density at radius 2 is 1.83 bits per heavy atom. The summed E-state index contributed by atoms with van der Waals surface area (Å²) in [6, 6.07) is 13.5. The molecule has 7 heteroatoms. The van der Waals surface area contributed by atoms with E-state index in [0.717, 1.165) is 44.5 Å². The minimum absolute atomic E-state index is 0.0735. The molecule has 6 nitrogen and oxygen atoms in total. The lowest BCUT2D eigenvalue weighted by molar-refractivity contribution is 0.0911. The zero-order valence-electron chi connectivity index (χ0n) is 17.0. The van der Waals surface area contributed by atoms with Crippen LogP contribution >= 0.6 is 0 Å². The molecule has 0 spiro atoms. The average molecular weight is 416 g/mol. The fourth-order valence-electron chi connectivity index (χ4n) is 3.61. The Hall–Kier alpha value is -2.38. The fraction of sp³-hybridized carbons (Fsp3) is 0.409. The summed E-state index contributed by atoms with van der Waals surface area (Å²) in [6.07, 6.45) is 2.96. The molecule has 0 aliphatic carbocycles. The Labute approximate surface area is 173 Å². The van der Waals surface area contributed by atoms with Gasteiger partial charge in [-0.2, -0.15) is 0 Å². The second-order valence-corrected chi connectivity index (χ2v) is 9.27. The molecule has 2 aromatic rings. The largest absolute Gasteiger partial charge is 0.349 e. The van der Waals surface area contributed by atoms with Crippen molar-refractivity contribution >= 4 is 21.6 Å². The van der Waals surface area contributed by atoms with Crippen LogP contribution in [0.3, 0.4) is 0 Å². The van der Waals surface area contributed by atoms with Gasteiger partial charge in [0.15, 0.2) is 0 Å². The first kappa shape index (κ1) is 21.3. The van der Waals surface area contributed by atoms with Crippen LogP contribution in [0.1, 0.15) is 42.1 Å². The van der Waals surface area contributed by atoms with Gasteiger partial charge in [0.2, 0.25) is 0 Å². The molecule has 0 radical (unpaired) electrons. The highest BCUT2D eigenvalue weighted by Crippen LogP contribution is 2.19. The van der Waals surface area contributed by atoms with E-state index in [-0.39, 0.29) is 16.8 Å². The molecule has 1 fully saturated rings. The summed E-state index contributed by atoms with van der Waals surface area (Å²) in [5.41, 5.74) is 1.81. The minimum atomic E-state index is -3.77. The number of aryl methyl sites for hydroxylation is 1. The first-order valence-electron chi connectivity index (χ1n) is 10.1. The van der Waals surface area contributed by atoms with Crippen LogP contribution in [0.15, 0.2) is 53.4 Å². The fourth-order valence-corrected chi connectivity index (χ4v) is 4.71. The number of nitrogens with zero attached hydrogens (tertiary/aromatic N) is 1. The summed E-state index contributed by atoms with van der Waals surface area (Å²) in [6.45, 7) is 7.12. The first-order chi connectivity index (χ1) is 13.9. The predicted octanol–water partition coefficient (Wildman–Crippen LogP) is 3.40. The lowest BCUT2D eigenvalue weighted by Gasteiger charge is -2.32. The zero-order valence-corrected chi connectivity index (χ0v) is 17.8. The number of rotatable bonds is 7. The van der Waals surface area contributed by atoms with E-state index >= 15 is 0 Å². The molecule has 156 valence electrons. The summed E-state index contributed by atoms with van der Waals surface area (Å²) in [4.78, 5) is 15.1.